The normalized spacial score (nSPS) is 24.1. The van der Waals surface area contributed by atoms with E-state index >= 15 is 0 Å². The van der Waals surface area contributed by atoms with Gasteiger partial charge in [-0.15, -0.1) is 6.58 Å². The Morgan fingerprint density at radius 3 is 2.73 bits per heavy atom. The third-order valence-corrected chi connectivity index (χ3v) is 8.65. The number of pyridine rings is 1. The number of cyclic esters (lactones) is 1. The van der Waals surface area contributed by atoms with Crippen LogP contribution in [0, 0.1) is 5.92 Å². The molecule has 2 aromatic carbocycles. The average molecular weight is 656 g/mol. The first-order valence-electron chi connectivity index (χ1n) is 16.1. The Labute approximate surface area is 279 Å². The van der Waals surface area contributed by atoms with Gasteiger partial charge in [0.2, 0.25) is 11.7 Å². The van der Waals surface area contributed by atoms with Crippen LogP contribution in [0.5, 0.6) is 5.75 Å². The molecular weight excluding hydrogens is 614 g/mol. The van der Waals surface area contributed by atoms with Crippen molar-refractivity contribution in [3.05, 3.63) is 78.9 Å². The maximum absolute atomic E-state index is 14.0. The quantitative estimate of drug-likeness (QED) is 0.135. The summed E-state index contributed by atoms with van der Waals surface area (Å²) in [6.07, 6.45) is 5.47. The van der Waals surface area contributed by atoms with Gasteiger partial charge in [0, 0.05) is 35.9 Å². The van der Waals surface area contributed by atoms with Crippen LogP contribution in [0.15, 0.2) is 73.3 Å². The minimum atomic E-state index is -1.88. The molecule has 2 aliphatic heterocycles. The average Bonchev–Trinajstić information content (AvgIpc) is 3.52. The maximum Gasteiger partial charge on any atom is 0.410 e. The van der Waals surface area contributed by atoms with Crippen molar-refractivity contribution in [1.29, 1.82) is 0 Å². The van der Waals surface area contributed by atoms with Crippen molar-refractivity contribution < 1.29 is 33.8 Å². The number of unbranched alkanes of at least 4 members (excludes halogenated alkanes) is 1. The molecule has 2 unspecified atom stereocenters. The number of benzene rings is 2. The fourth-order valence-corrected chi connectivity index (χ4v) is 5.99. The summed E-state index contributed by atoms with van der Waals surface area (Å²) in [5, 5.41) is 19.1. The van der Waals surface area contributed by atoms with Gasteiger partial charge in [-0.05, 0) is 36.7 Å². The number of carbonyl (C=O) groups excluding carboxylic acids is 3. The molecule has 5 rings (SSSR count). The molecule has 4 bridgehead atoms. The van der Waals surface area contributed by atoms with Crippen molar-refractivity contribution in [3.63, 3.8) is 0 Å². The Balaban J connectivity index is 1.61. The Bertz CT molecular complexity index is 1700. The van der Waals surface area contributed by atoms with Gasteiger partial charge in [-0.1, -0.05) is 68.8 Å². The molecule has 3 aromatic rings. The Hall–Kier alpha value is -5.07. The molecule has 252 valence electrons. The molecule has 1 fully saturated rings. The maximum atomic E-state index is 14.0. The third-order valence-electron chi connectivity index (χ3n) is 8.65. The Morgan fingerprint density at radius 2 is 2.02 bits per heavy atom. The molecular formula is C36H41N5O7. The van der Waals surface area contributed by atoms with E-state index in [0.29, 0.717) is 36.2 Å². The van der Waals surface area contributed by atoms with Crippen LogP contribution in [0.2, 0.25) is 0 Å². The fourth-order valence-electron chi connectivity index (χ4n) is 5.99. The smallest absolute Gasteiger partial charge is 0.410 e. The van der Waals surface area contributed by atoms with E-state index < -0.39 is 47.9 Å². The molecule has 3 heterocycles. The highest BCUT2D eigenvalue weighted by atomic mass is 16.5. The van der Waals surface area contributed by atoms with Crippen LogP contribution in [0.1, 0.15) is 38.7 Å². The van der Waals surface area contributed by atoms with E-state index in [1.165, 1.54) is 11.0 Å². The zero-order chi connectivity index (χ0) is 34.3. The number of aliphatic carboxylic acids is 1. The molecule has 0 spiro atoms. The van der Waals surface area contributed by atoms with Crippen LogP contribution in [-0.4, -0.2) is 82.9 Å². The molecule has 0 saturated carbocycles. The van der Waals surface area contributed by atoms with Gasteiger partial charge in [0.1, 0.15) is 24.5 Å². The molecule has 48 heavy (non-hydrogen) atoms. The number of carboxylic acids is 1. The van der Waals surface area contributed by atoms with Crippen LogP contribution in [0.3, 0.4) is 0 Å². The number of carbonyl (C=O) groups is 4. The summed E-state index contributed by atoms with van der Waals surface area (Å²) in [4.78, 5) is 58.7. The Kier molecular flexibility index (Phi) is 10.9. The van der Waals surface area contributed by atoms with E-state index in [0.717, 1.165) is 22.9 Å². The fraction of sp³-hybridized carbons (Fsp3) is 0.361. The lowest BCUT2D eigenvalue weighted by Crippen LogP contribution is -2.73. The number of nitrogens with one attached hydrogen (secondary N) is 3. The Morgan fingerprint density at radius 1 is 1.23 bits per heavy atom. The summed E-state index contributed by atoms with van der Waals surface area (Å²) in [5.74, 6) is -3.81. The monoisotopic (exact) mass is 655 g/mol. The van der Waals surface area contributed by atoms with Gasteiger partial charge < -0.3 is 19.9 Å². The number of carboxylic acid groups (broad SMARTS) is 1. The van der Waals surface area contributed by atoms with E-state index in [4.69, 9.17) is 14.5 Å². The number of fused-ring (bicyclic) bond motifs is 3. The number of aromatic nitrogens is 1. The number of rotatable bonds is 11. The molecule has 12 heteroatoms. The number of ether oxygens (including phenoxy) is 2. The third kappa shape index (κ3) is 7.56. The molecule has 1 saturated heterocycles. The van der Waals surface area contributed by atoms with Gasteiger partial charge in [0.15, 0.2) is 6.29 Å². The highest BCUT2D eigenvalue weighted by Crippen LogP contribution is 2.35. The van der Waals surface area contributed by atoms with Crippen LogP contribution in [-0.2, 0) is 19.1 Å². The van der Waals surface area contributed by atoms with Gasteiger partial charge >= 0.3 is 12.1 Å². The molecule has 2 aliphatic rings. The summed E-state index contributed by atoms with van der Waals surface area (Å²) in [5.41, 5.74) is 3.09. The minimum absolute atomic E-state index is 0.0212. The van der Waals surface area contributed by atoms with E-state index in [2.05, 4.69) is 22.5 Å². The second-order valence-corrected chi connectivity index (χ2v) is 12.0. The van der Waals surface area contributed by atoms with Gasteiger partial charge in [0.05, 0.1) is 17.3 Å². The molecule has 0 radical (unpaired) electrons. The van der Waals surface area contributed by atoms with E-state index in [-0.39, 0.29) is 19.6 Å². The van der Waals surface area contributed by atoms with Crippen molar-refractivity contribution in [3.8, 4) is 17.0 Å². The number of alkyl carbamates (subject to hydrolysis) is 1. The summed E-state index contributed by atoms with van der Waals surface area (Å²) >= 11 is 0. The lowest BCUT2D eigenvalue weighted by atomic mass is 10.0. The lowest BCUT2D eigenvalue weighted by Gasteiger charge is -2.41. The predicted octanol–water partition coefficient (Wildman–Crippen LogP) is 4.11. The van der Waals surface area contributed by atoms with Gasteiger partial charge in [0.25, 0.3) is 0 Å². The van der Waals surface area contributed by atoms with Crippen LogP contribution in [0.4, 0.5) is 4.79 Å². The van der Waals surface area contributed by atoms with Crippen molar-refractivity contribution >= 4 is 41.2 Å². The number of aldehydes is 1. The first-order chi connectivity index (χ1) is 23.2. The van der Waals surface area contributed by atoms with Crippen molar-refractivity contribution in [2.45, 2.75) is 57.1 Å². The lowest BCUT2D eigenvalue weighted by molar-refractivity contribution is -0.145. The first-order valence-corrected chi connectivity index (χ1v) is 16.1. The van der Waals surface area contributed by atoms with Crippen LogP contribution >= 0.6 is 0 Å². The molecule has 1 aromatic heterocycles. The van der Waals surface area contributed by atoms with Gasteiger partial charge in [-0.3, -0.25) is 20.2 Å². The number of amides is 2. The second-order valence-electron chi connectivity index (χ2n) is 12.0. The zero-order valence-corrected chi connectivity index (χ0v) is 27.1. The first kappa shape index (κ1) is 34.3. The predicted molar refractivity (Wildman–Crippen MR) is 181 cm³/mol. The van der Waals surface area contributed by atoms with Crippen molar-refractivity contribution in [2.75, 3.05) is 19.7 Å². The standard InChI is InChI=1S/C36H41N5O7/c1-4-6-16-37-36(22-42)40-35(46)47-17-10-11-24-14-15-28-27(18-24)31(20-29(38-28)25-12-8-7-9-13-25)48-26-19-30(41(36)21-26)33(43)39-32(34(44)45)23(3)5-2/h5,7-15,18,20,22-23,26,30,32,37H,2,4,6,16-17,19,21H2,1,3H3,(H,39,43)(H,40,46)(H,44,45)/b11-10-/t23-,26+,30-,32?,36+/m0/s1. The topological polar surface area (TPSA) is 159 Å². The number of hydrogen-bond acceptors (Lipinski definition) is 9. The summed E-state index contributed by atoms with van der Waals surface area (Å²) in [6.45, 7) is 7.56. The van der Waals surface area contributed by atoms with E-state index in [9.17, 15) is 24.3 Å². The number of nitrogens with zero attached hydrogens (tertiary/aromatic N) is 2. The highest BCUT2D eigenvalue weighted by molar-refractivity contribution is 5.90. The minimum Gasteiger partial charge on any atom is -0.488 e. The summed E-state index contributed by atoms with van der Waals surface area (Å²) in [6, 6.07) is 14.9. The second kappa shape index (κ2) is 15.2. The van der Waals surface area contributed by atoms with E-state index in [1.54, 1.807) is 13.0 Å². The summed E-state index contributed by atoms with van der Waals surface area (Å²) < 4.78 is 12.1. The number of hydrogen-bond donors (Lipinski definition) is 4. The molecule has 12 nitrogen and oxygen atoms in total. The van der Waals surface area contributed by atoms with Gasteiger partial charge in [-0.2, -0.15) is 0 Å². The van der Waals surface area contributed by atoms with Crippen molar-refractivity contribution in [1.82, 2.24) is 25.8 Å². The van der Waals surface area contributed by atoms with E-state index in [1.807, 2.05) is 67.6 Å². The van der Waals surface area contributed by atoms with Crippen LogP contribution < -0.4 is 20.7 Å². The molecule has 2 amide bonds. The SMILES string of the molecule is C=C[C@H](C)C(NC(=O)[C@@H]1C[C@@H]2CN1[C@](C=O)(NCCCC)NC(=O)OC/C=C\c1ccc3nc(-c4ccccc4)cc(c3c1)O2)C(=O)O. The summed E-state index contributed by atoms with van der Waals surface area (Å²) in [7, 11) is 0. The molecule has 0 aliphatic carbocycles. The molecule has 4 N–H and O–H groups in total. The largest absolute Gasteiger partial charge is 0.488 e. The highest BCUT2D eigenvalue weighted by Gasteiger charge is 2.51. The van der Waals surface area contributed by atoms with Crippen LogP contribution in [0.25, 0.3) is 28.2 Å². The van der Waals surface area contributed by atoms with Gasteiger partial charge in [-0.25, -0.2) is 19.5 Å². The zero-order valence-electron chi connectivity index (χ0n) is 27.1. The van der Waals surface area contributed by atoms with Crippen molar-refractivity contribution in [2.24, 2.45) is 5.92 Å². The molecule has 6 atom stereocenters.